The second-order valence-corrected chi connectivity index (χ2v) is 4.53. The summed E-state index contributed by atoms with van der Waals surface area (Å²) in [5.74, 6) is 0.847. The fraction of sp³-hybridized carbons (Fsp3) is 0.538. The standard InChI is InChI=1S/C13H18N4/c1-2-3-6-17(11-4-5-11)13-12(15)7-10(8-14)9-16-13/h7,9,11H,2-6,15H2,1H3. The molecule has 1 aromatic heterocycles. The highest BCUT2D eigenvalue weighted by molar-refractivity contribution is 5.65. The Morgan fingerprint density at radius 2 is 2.35 bits per heavy atom. The van der Waals surface area contributed by atoms with Crippen LogP contribution in [-0.4, -0.2) is 17.6 Å². The van der Waals surface area contributed by atoms with Crippen molar-refractivity contribution in [2.75, 3.05) is 17.2 Å². The van der Waals surface area contributed by atoms with E-state index in [1.165, 1.54) is 19.3 Å². The highest BCUT2D eigenvalue weighted by Gasteiger charge is 2.30. The lowest BCUT2D eigenvalue weighted by Crippen LogP contribution is -2.28. The zero-order valence-electron chi connectivity index (χ0n) is 10.2. The Kier molecular flexibility index (Phi) is 3.48. The molecule has 4 nitrogen and oxygen atoms in total. The van der Waals surface area contributed by atoms with Crippen LogP contribution in [0.25, 0.3) is 0 Å². The fourth-order valence-electron chi connectivity index (χ4n) is 1.95. The van der Waals surface area contributed by atoms with Crippen LogP contribution in [0.3, 0.4) is 0 Å². The number of pyridine rings is 1. The second kappa shape index (κ2) is 5.05. The van der Waals surface area contributed by atoms with Crippen LogP contribution in [0.15, 0.2) is 12.3 Å². The van der Waals surface area contributed by atoms with E-state index >= 15 is 0 Å². The number of anilines is 2. The summed E-state index contributed by atoms with van der Waals surface area (Å²) in [6.07, 6.45) is 6.37. The molecule has 90 valence electrons. The summed E-state index contributed by atoms with van der Waals surface area (Å²) in [7, 11) is 0. The predicted molar refractivity (Wildman–Crippen MR) is 68.6 cm³/mol. The number of nitriles is 1. The lowest BCUT2D eigenvalue weighted by atomic mass is 10.2. The molecule has 0 radical (unpaired) electrons. The van der Waals surface area contributed by atoms with Crippen LogP contribution in [-0.2, 0) is 0 Å². The molecule has 0 bridgehead atoms. The van der Waals surface area contributed by atoms with Gasteiger partial charge in [-0.1, -0.05) is 13.3 Å². The third-order valence-electron chi connectivity index (χ3n) is 3.04. The van der Waals surface area contributed by atoms with Crippen molar-refractivity contribution in [2.24, 2.45) is 0 Å². The van der Waals surface area contributed by atoms with Gasteiger partial charge in [0.15, 0.2) is 5.82 Å². The number of nitrogen functional groups attached to an aromatic ring is 1. The van der Waals surface area contributed by atoms with Gasteiger partial charge >= 0.3 is 0 Å². The molecule has 1 fully saturated rings. The molecule has 1 aliphatic rings. The topological polar surface area (TPSA) is 65.9 Å². The van der Waals surface area contributed by atoms with Gasteiger partial charge < -0.3 is 10.6 Å². The van der Waals surface area contributed by atoms with Gasteiger partial charge in [0.25, 0.3) is 0 Å². The number of rotatable bonds is 5. The van der Waals surface area contributed by atoms with Crippen LogP contribution in [0.5, 0.6) is 0 Å². The average molecular weight is 230 g/mol. The molecular weight excluding hydrogens is 212 g/mol. The molecule has 1 heterocycles. The average Bonchev–Trinajstić information content (AvgIpc) is 3.15. The minimum absolute atomic E-state index is 0.525. The summed E-state index contributed by atoms with van der Waals surface area (Å²) in [5, 5.41) is 8.80. The van der Waals surface area contributed by atoms with Crippen LogP contribution < -0.4 is 10.6 Å². The van der Waals surface area contributed by atoms with E-state index in [-0.39, 0.29) is 0 Å². The van der Waals surface area contributed by atoms with Gasteiger partial charge in [-0.2, -0.15) is 5.26 Å². The second-order valence-electron chi connectivity index (χ2n) is 4.53. The Morgan fingerprint density at radius 3 is 2.88 bits per heavy atom. The van der Waals surface area contributed by atoms with Gasteiger partial charge in [0.1, 0.15) is 6.07 Å². The molecule has 0 aromatic carbocycles. The van der Waals surface area contributed by atoms with Crippen molar-refractivity contribution in [1.82, 2.24) is 4.98 Å². The molecule has 1 aromatic rings. The van der Waals surface area contributed by atoms with Crippen molar-refractivity contribution >= 4 is 11.5 Å². The molecule has 1 aliphatic carbocycles. The van der Waals surface area contributed by atoms with Crippen LogP contribution in [0.1, 0.15) is 38.2 Å². The van der Waals surface area contributed by atoms with Crippen molar-refractivity contribution in [1.29, 1.82) is 5.26 Å². The predicted octanol–water partition coefficient (Wildman–Crippen LogP) is 2.30. The summed E-state index contributed by atoms with van der Waals surface area (Å²) >= 11 is 0. The van der Waals surface area contributed by atoms with Gasteiger partial charge in [0.05, 0.1) is 11.3 Å². The largest absolute Gasteiger partial charge is 0.396 e. The van der Waals surface area contributed by atoms with Crippen LogP contribution >= 0.6 is 0 Å². The van der Waals surface area contributed by atoms with E-state index in [0.29, 0.717) is 17.3 Å². The van der Waals surface area contributed by atoms with Gasteiger partial charge in [-0.05, 0) is 25.3 Å². The summed E-state index contributed by atoms with van der Waals surface area (Å²) in [5.41, 5.74) is 7.12. The Hall–Kier alpha value is -1.76. The molecule has 0 unspecified atom stereocenters. The number of nitrogens with zero attached hydrogens (tertiary/aromatic N) is 3. The van der Waals surface area contributed by atoms with E-state index < -0.39 is 0 Å². The first-order valence-corrected chi connectivity index (χ1v) is 6.18. The normalized spacial score (nSPS) is 14.4. The van der Waals surface area contributed by atoms with Crippen molar-refractivity contribution < 1.29 is 0 Å². The minimum Gasteiger partial charge on any atom is -0.396 e. The minimum atomic E-state index is 0.525. The van der Waals surface area contributed by atoms with Gasteiger partial charge in [-0.25, -0.2) is 4.98 Å². The van der Waals surface area contributed by atoms with Gasteiger partial charge in [0, 0.05) is 18.8 Å². The van der Waals surface area contributed by atoms with Crippen molar-refractivity contribution in [3.8, 4) is 6.07 Å². The molecule has 4 heteroatoms. The van der Waals surface area contributed by atoms with Crippen LogP contribution in [0.2, 0.25) is 0 Å². The molecule has 2 N–H and O–H groups in total. The van der Waals surface area contributed by atoms with E-state index in [2.05, 4.69) is 22.9 Å². The molecule has 2 rings (SSSR count). The van der Waals surface area contributed by atoms with Crippen LogP contribution in [0, 0.1) is 11.3 Å². The quantitative estimate of drug-likeness (QED) is 0.843. The number of nitrogens with two attached hydrogens (primary N) is 1. The Morgan fingerprint density at radius 1 is 1.59 bits per heavy atom. The first-order valence-electron chi connectivity index (χ1n) is 6.18. The van der Waals surface area contributed by atoms with Gasteiger partial charge in [-0.3, -0.25) is 0 Å². The van der Waals surface area contributed by atoms with E-state index in [0.717, 1.165) is 18.8 Å². The number of hydrogen-bond donors (Lipinski definition) is 1. The first kappa shape index (κ1) is 11.7. The van der Waals surface area contributed by atoms with Crippen molar-refractivity contribution in [3.63, 3.8) is 0 Å². The SMILES string of the molecule is CCCCN(c1ncc(C#N)cc1N)C1CC1. The zero-order chi connectivity index (χ0) is 12.3. The smallest absolute Gasteiger partial charge is 0.152 e. The molecule has 0 atom stereocenters. The van der Waals surface area contributed by atoms with Crippen LogP contribution in [0.4, 0.5) is 11.5 Å². The third kappa shape index (κ3) is 2.68. The molecule has 1 saturated carbocycles. The highest BCUT2D eigenvalue weighted by atomic mass is 15.2. The molecular formula is C13H18N4. The van der Waals surface area contributed by atoms with E-state index in [1.54, 1.807) is 12.3 Å². The van der Waals surface area contributed by atoms with E-state index in [1.807, 2.05) is 0 Å². The zero-order valence-corrected chi connectivity index (χ0v) is 10.2. The Labute approximate surface area is 102 Å². The van der Waals surface area contributed by atoms with Crippen molar-refractivity contribution in [3.05, 3.63) is 17.8 Å². The Balaban J connectivity index is 2.20. The molecule has 17 heavy (non-hydrogen) atoms. The van der Waals surface area contributed by atoms with E-state index in [4.69, 9.17) is 11.0 Å². The lowest BCUT2D eigenvalue weighted by Gasteiger charge is -2.24. The fourth-order valence-corrected chi connectivity index (χ4v) is 1.95. The monoisotopic (exact) mass is 230 g/mol. The maximum absolute atomic E-state index is 8.80. The molecule has 0 aliphatic heterocycles. The molecule has 0 saturated heterocycles. The highest BCUT2D eigenvalue weighted by Crippen LogP contribution is 2.33. The van der Waals surface area contributed by atoms with Gasteiger partial charge in [0.2, 0.25) is 0 Å². The first-order chi connectivity index (χ1) is 8.26. The summed E-state index contributed by atoms with van der Waals surface area (Å²) < 4.78 is 0. The maximum Gasteiger partial charge on any atom is 0.152 e. The summed E-state index contributed by atoms with van der Waals surface area (Å²) in [6, 6.07) is 4.37. The van der Waals surface area contributed by atoms with E-state index in [9.17, 15) is 0 Å². The number of aromatic nitrogens is 1. The maximum atomic E-state index is 8.80. The van der Waals surface area contributed by atoms with Gasteiger partial charge in [-0.15, -0.1) is 0 Å². The molecule has 0 amide bonds. The third-order valence-corrected chi connectivity index (χ3v) is 3.04. The number of unbranched alkanes of at least 4 members (excludes halogenated alkanes) is 1. The Bertz CT molecular complexity index is 432. The number of hydrogen-bond acceptors (Lipinski definition) is 4. The summed E-state index contributed by atoms with van der Waals surface area (Å²) in [4.78, 5) is 6.63. The molecule has 0 spiro atoms. The lowest BCUT2D eigenvalue weighted by molar-refractivity contribution is 0.705. The summed E-state index contributed by atoms with van der Waals surface area (Å²) in [6.45, 7) is 3.19. The van der Waals surface area contributed by atoms with Crippen molar-refractivity contribution in [2.45, 2.75) is 38.6 Å².